The minimum atomic E-state index is -0.842. The molecule has 0 fully saturated rings. The van der Waals surface area contributed by atoms with Gasteiger partial charge in [-0.2, -0.15) is 0 Å². The van der Waals surface area contributed by atoms with E-state index in [1.807, 2.05) is 0 Å². The summed E-state index contributed by atoms with van der Waals surface area (Å²) in [5.41, 5.74) is -0.842. The summed E-state index contributed by atoms with van der Waals surface area (Å²) in [6.45, 7) is 3.81. The summed E-state index contributed by atoms with van der Waals surface area (Å²) in [6.07, 6.45) is 2.82. The smallest absolute Gasteiger partial charge is 0.122 e. The second-order valence-electron chi connectivity index (χ2n) is 2.81. The van der Waals surface area contributed by atoms with Gasteiger partial charge in [0.15, 0.2) is 0 Å². The average molecular weight is 175 g/mol. The molecule has 0 aromatic carbocycles. The third kappa shape index (κ3) is 6.22. The predicted molar refractivity (Wildman–Crippen MR) is 48.6 cm³/mol. The first-order valence-electron chi connectivity index (χ1n) is 3.91. The monoisotopic (exact) mass is 174 g/mol. The van der Waals surface area contributed by atoms with E-state index in [1.54, 1.807) is 6.92 Å². The molecule has 0 radical (unpaired) electrons. The van der Waals surface area contributed by atoms with Gasteiger partial charge in [0.1, 0.15) is 5.60 Å². The summed E-state index contributed by atoms with van der Waals surface area (Å²) >= 11 is 5.36. The second kappa shape index (κ2) is 5.46. The maximum Gasteiger partial charge on any atom is 0.122 e. The Morgan fingerprint density at radius 2 is 2.18 bits per heavy atom. The molecule has 1 atom stereocenters. The van der Waals surface area contributed by atoms with Gasteiger partial charge in [0, 0.05) is 0 Å². The van der Waals surface area contributed by atoms with Gasteiger partial charge in [-0.05, 0) is 19.8 Å². The molecule has 0 spiro atoms. The van der Waals surface area contributed by atoms with Crippen molar-refractivity contribution in [2.45, 2.75) is 38.7 Å². The van der Waals surface area contributed by atoms with Crippen LogP contribution in [0.1, 0.15) is 33.1 Å². The Bertz CT molecular complexity index is 153. The van der Waals surface area contributed by atoms with E-state index >= 15 is 0 Å². The molecule has 0 aromatic heterocycles. The quantitative estimate of drug-likeness (QED) is 0.514. The van der Waals surface area contributed by atoms with Gasteiger partial charge >= 0.3 is 0 Å². The molecule has 1 unspecified atom stereocenters. The van der Waals surface area contributed by atoms with Crippen molar-refractivity contribution in [2.24, 2.45) is 0 Å². The van der Waals surface area contributed by atoms with Crippen molar-refractivity contribution < 1.29 is 5.11 Å². The van der Waals surface area contributed by atoms with Crippen molar-refractivity contribution in [3.63, 3.8) is 0 Å². The van der Waals surface area contributed by atoms with Crippen LogP contribution < -0.4 is 0 Å². The molecule has 0 aromatic rings. The van der Waals surface area contributed by atoms with Crippen LogP contribution in [0.5, 0.6) is 0 Å². The van der Waals surface area contributed by atoms with Crippen LogP contribution in [0.2, 0.25) is 0 Å². The van der Waals surface area contributed by atoms with Crippen LogP contribution in [0.3, 0.4) is 0 Å². The summed E-state index contributed by atoms with van der Waals surface area (Å²) in [6, 6.07) is 0. The van der Waals surface area contributed by atoms with Gasteiger partial charge in [0.2, 0.25) is 0 Å². The van der Waals surface area contributed by atoms with E-state index in [2.05, 4.69) is 18.8 Å². The minimum Gasteiger partial charge on any atom is -0.378 e. The molecule has 0 heterocycles. The standard InChI is InChI=1S/C9H15ClO/c1-3-4-6-9(2,11)7-5-8-10/h11H,3-4,6,8H2,1-2H3. The summed E-state index contributed by atoms with van der Waals surface area (Å²) in [4.78, 5) is 0. The highest BCUT2D eigenvalue weighted by Crippen LogP contribution is 2.11. The summed E-state index contributed by atoms with van der Waals surface area (Å²) < 4.78 is 0. The van der Waals surface area contributed by atoms with Crippen LogP contribution in [0, 0.1) is 11.8 Å². The molecule has 11 heavy (non-hydrogen) atoms. The Labute approximate surface area is 73.8 Å². The molecule has 0 aliphatic carbocycles. The van der Waals surface area contributed by atoms with Crippen LogP contribution in [-0.4, -0.2) is 16.6 Å². The number of hydrogen-bond acceptors (Lipinski definition) is 1. The highest BCUT2D eigenvalue weighted by atomic mass is 35.5. The summed E-state index contributed by atoms with van der Waals surface area (Å²) in [5.74, 6) is 5.67. The molecule has 1 nitrogen and oxygen atoms in total. The maximum absolute atomic E-state index is 9.54. The van der Waals surface area contributed by atoms with E-state index in [-0.39, 0.29) is 0 Å². The molecule has 0 bridgehead atoms. The zero-order valence-electron chi connectivity index (χ0n) is 7.15. The minimum absolute atomic E-state index is 0.294. The van der Waals surface area contributed by atoms with E-state index in [0.29, 0.717) is 5.88 Å². The fourth-order valence-corrected chi connectivity index (χ4v) is 0.874. The van der Waals surface area contributed by atoms with Crippen molar-refractivity contribution in [3.05, 3.63) is 0 Å². The second-order valence-corrected chi connectivity index (χ2v) is 3.08. The number of unbranched alkanes of at least 4 members (excludes halogenated alkanes) is 1. The van der Waals surface area contributed by atoms with E-state index in [4.69, 9.17) is 11.6 Å². The van der Waals surface area contributed by atoms with Gasteiger partial charge in [-0.25, -0.2) is 0 Å². The largest absolute Gasteiger partial charge is 0.378 e. The number of halogens is 1. The first-order valence-corrected chi connectivity index (χ1v) is 4.44. The van der Waals surface area contributed by atoms with Crippen LogP contribution in [0.15, 0.2) is 0 Å². The van der Waals surface area contributed by atoms with Gasteiger partial charge in [0.05, 0.1) is 5.88 Å². The molecule has 64 valence electrons. The highest BCUT2D eigenvalue weighted by Gasteiger charge is 2.14. The molecule has 2 heteroatoms. The number of rotatable bonds is 3. The van der Waals surface area contributed by atoms with Gasteiger partial charge in [-0.15, -0.1) is 11.6 Å². The molecule has 0 saturated heterocycles. The SMILES string of the molecule is CCCCC(C)(O)C#CCCl. The number of aliphatic hydroxyl groups is 1. The van der Waals surface area contributed by atoms with Crippen LogP contribution in [0.25, 0.3) is 0 Å². The van der Waals surface area contributed by atoms with Crippen LogP contribution in [-0.2, 0) is 0 Å². The van der Waals surface area contributed by atoms with Crippen LogP contribution >= 0.6 is 11.6 Å². The van der Waals surface area contributed by atoms with E-state index in [0.717, 1.165) is 19.3 Å². The molecule has 1 N–H and O–H groups in total. The molecular weight excluding hydrogens is 160 g/mol. The Hall–Kier alpha value is -0.190. The Morgan fingerprint density at radius 3 is 2.64 bits per heavy atom. The van der Waals surface area contributed by atoms with E-state index in [9.17, 15) is 5.11 Å². The molecule has 0 aliphatic rings. The van der Waals surface area contributed by atoms with Crippen molar-refractivity contribution in [1.29, 1.82) is 0 Å². The van der Waals surface area contributed by atoms with Gasteiger partial charge in [-0.3, -0.25) is 0 Å². The Morgan fingerprint density at radius 1 is 1.55 bits per heavy atom. The molecular formula is C9H15ClO. The van der Waals surface area contributed by atoms with Crippen LogP contribution in [0.4, 0.5) is 0 Å². The topological polar surface area (TPSA) is 20.2 Å². The predicted octanol–water partition coefficient (Wildman–Crippen LogP) is 2.17. The van der Waals surface area contributed by atoms with E-state index in [1.165, 1.54) is 0 Å². The lowest BCUT2D eigenvalue weighted by Crippen LogP contribution is -2.20. The fraction of sp³-hybridized carbons (Fsp3) is 0.778. The Kier molecular flexibility index (Phi) is 5.36. The van der Waals surface area contributed by atoms with Crippen molar-refractivity contribution >= 4 is 11.6 Å². The number of alkyl halides is 1. The zero-order chi connectivity index (χ0) is 8.74. The normalized spacial score (nSPS) is 14.9. The lowest BCUT2D eigenvalue weighted by atomic mass is 10.0. The van der Waals surface area contributed by atoms with Crippen molar-refractivity contribution in [2.75, 3.05) is 5.88 Å². The fourth-order valence-electron chi connectivity index (χ4n) is 0.807. The first kappa shape index (κ1) is 10.8. The maximum atomic E-state index is 9.54. The van der Waals surface area contributed by atoms with Gasteiger partial charge in [-0.1, -0.05) is 25.2 Å². The lowest BCUT2D eigenvalue weighted by Gasteiger charge is -2.14. The lowest BCUT2D eigenvalue weighted by molar-refractivity contribution is 0.109. The van der Waals surface area contributed by atoms with Gasteiger partial charge in [0.25, 0.3) is 0 Å². The van der Waals surface area contributed by atoms with Gasteiger partial charge < -0.3 is 5.11 Å². The Balaban J connectivity index is 3.79. The summed E-state index contributed by atoms with van der Waals surface area (Å²) in [7, 11) is 0. The molecule has 0 rings (SSSR count). The molecule has 0 amide bonds. The first-order chi connectivity index (χ1) is 5.12. The molecule has 0 aliphatic heterocycles. The van der Waals surface area contributed by atoms with Crippen molar-refractivity contribution in [3.8, 4) is 11.8 Å². The molecule has 0 saturated carbocycles. The third-order valence-electron chi connectivity index (χ3n) is 1.44. The average Bonchev–Trinajstić information content (AvgIpc) is 1.97. The summed E-state index contributed by atoms with van der Waals surface area (Å²) in [5, 5.41) is 9.54. The van der Waals surface area contributed by atoms with E-state index < -0.39 is 5.60 Å². The zero-order valence-corrected chi connectivity index (χ0v) is 7.91. The third-order valence-corrected chi connectivity index (χ3v) is 1.58. The number of hydrogen-bond donors (Lipinski definition) is 1. The highest BCUT2D eigenvalue weighted by molar-refractivity contribution is 6.19. The van der Waals surface area contributed by atoms with Crippen molar-refractivity contribution in [1.82, 2.24) is 0 Å².